The number of methoxy groups -OCH3 is 1. The summed E-state index contributed by atoms with van der Waals surface area (Å²) in [5.74, 6) is 2.38. The zero-order chi connectivity index (χ0) is 15.0. The molecule has 1 aliphatic heterocycles. The Bertz CT molecular complexity index is 652. The van der Waals surface area contributed by atoms with Crippen LogP contribution in [0.2, 0.25) is 0 Å². The van der Waals surface area contributed by atoms with Gasteiger partial charge < -0.3 is 9.64 Å². The van der Waals surface area contributed by atoms with E-state index in [1.54, 1.807) is 7.11 Å². The van der Waals surface area contributed by atoms with Crippen molar-refractivity contribution in [1.29, 1.82) is 0 Å². The van der Waals surface area contributed by atoms with Gasteiger partial charge in [0.25, 0.3) is 0 Å². The number of nitrogens with zero attached hydrogens (tertiary/aromatic N) is 5. The highest BCUT2D eigenvalue weighted by Crippen LogP contribution is 2.38. The summed E-state index contributed by atoms with van der Waals surface area (Å²) in [5.41, 5.74) is 2.24. The van der Waals surface area contributed by atoms with Crippen LogP contribution in [0.3, 0.4) is 0 Å². The number of rotatable bonds is 3. The Labute approximate surface area is 124 Å². The van der Waals surface area contributed by atoms with Gasteiger partial charge in [-0.1, -0.05) is 0 Å². The van der Waals surface area contributed by atoms with Crippen molar-refractivity contribution < 1.29 is 4.74 Å². The normalized spacial score (nSPS) is 18.3. The van der Waals surface area contributed by atoms with Crippen LogP contribution in [0.25, 0.3) is 0 Å². The molecule has 0 spiro atoms. The number of aryl methyl sites for hydroxylation is 2. The standard InChI is InChI=1S/C15H21N5O/c1-10-14(17-11(2)18-15(10)21-4)20-7-5-6-13(20)12-8-16-19(3)9-12/h8-9,13H,5-7H2,1-4H3/t13-/m0/s1. The van der Waals surface area contributed by atoms with Crippen molar-refractivity contribution in [1.82, 2.24) is 19.7 Å². The van der Waals surface area contributed by atoms with E-state index in [9.17, 15) is 0 Å². The van der Waals surface area contributed by atoms with Crippen molar-refractivity contribution in [2.24, 2.45) is 7.05 Å². The van der Waals surface area contributed by atoms with E-state index < -0.39 is 0 Å². The van der Waals surface area contributed by atoms with Gasteiger partial charge in [0.05, 0.1) is 24.9 Å². The summed E-state index contributed by atoms with van der Waals surface area (Å²) in [5, 5.41) is 4.30. The van der Waals surface area contributed by atoms with Crippen molar-refractivity contribution in [3.63, 3.8) is 0 Å². The lowest BCUT2D eigenvalue weighted by molar-refractivity contribution is 0.392. The third-order valence-electron chi connectivity index (χ3n) is 4.02. The van der Waals surface area contributed by atoms with Gasteiger partial charge in [0, 0.05) is 25.4 Å². The summed E-state index contributed by atoms with van der Waals surface area (Å²) >= 11 is 0. The predicted molar refractivity (Wildman–Crippen MR) is 80.6 cm³/mol. The number of hydrogen-bond donors (Lipinski definition) is 0. The molecule has 1 saturated heterocycles. The van der Waals surface area contributed by atoms with Gasteiger partial charge in [-0.05, 0) is 26.7 Å². The van der Waals surface area contributed by atoms with E-state index in [-0.39, 0.29) is 0 Å². The first kappa shape index (κ1) is 13.9. The van der Waals surface area contributed by atoms with E-state index in [0.29, 0.717) is 11.9 Å². The van der Waals surface area contributed by atoms with Crippen molar-refractivity contribution >= 4 is 5.82 Å². The number of aromatic nitrogens is 4. The van der Waals surface area contributed by atoms with E-state index >= 15 is 0 Å². The van der Waals surface area contributed by atoms with E-state index in [4.69, 9.17) is 4.74 Å². The zero-order valence-corrected chi connectivity index (χ0v) is 13.0. The van der Waals surface area contributed by atoms with Crippen LogP contribution in [0.1, 0.15) is 35.8 Å². The highest BCUT2D eigenvalue weighted by Gasteiger charge is 2.30. The average molecular weight is 287 g/mol. The average Bonchev–Trinajstić information content (AvgIpc) is 3.09. The van der Waals surface area contributed by atoms with Crippen LogP contribution in [0.5, 0.6) is 5.88 Å². The molecule has 6 heteroatoms. The third kappa shape index (κ3) is 2.46. The lowest BCUT2D eigenvalue weighted by Crippen LogP contribution is -2.25. The summed E-state index contributed by atoms with van der Waals surface area (Å²) in [6.45, 7) is 4.92. The minimum Gasteiger partial charge on any atom is -0.481 e. The van der Waals surface area contributed by atoms with Gasteiger partial charge in [-0.3, -0.25) is 4.68 Å². The minimum atomic E-state index is 0.330. The molecule has 2 aromatic heterocycles. The molecule has 112 valence electrons. The van der Waals surface area contributed by atoms with Crippen LogP contribution in [-0.4, -0.2) is 33.4 Å². The maximum Gasteiger partial charge on any atom is 0.221 e. The predicted octanol–water partition coefficient (Wildman–Crippen LogP) is 2.18. The molecule has 0 bridgehead atoms. The van der Waals surface area contributed by atoms with Crippen molar-refractivity contribution in [2.45, 2.75) is 32.7 Å². The van der Waals surface area contributed by atoms with Crippen molar-refractivity contribution in [3.8, 4) is 5.88 Å². The van der Waals surface area contributed by atoms with Gasteiger partial charge >= 0.3 is 0 Å². The van der Waals surface area contributed by atoms with Crippen LogP contribution in [0, 0.1) is 13.8 Å². The first-order valence-corrected chi connectivity index (χ1v) is 7.24. The molecule has 2 aromatic rings. The second-order valence-corrected chi connectivity index (χ2v) is 5.53. The van der Waals surface area contributed by atoms with Crippen molar-refractivity contribution in [3.05, 3.63) is 29.3 Å². The van der Waals surface area contributed by atoms with Crippen LogP contribution < -0.4 is 9.64 Å². The van der Waals surface area contributed by atoms with Crippen LogP contribution >= 0.6 is 0 Å². The minimum absolute atomic E-state index is 0.330. The van der Waals surface area contributed by atoms with Crippen LogP contribution in [0.15, 0.2) is 12.4 Å². The molecule has 0 saturated carbocycles. The molecule has 21 heavy (non-hydrogen) atoms. The first-order valence-electron chi connectivity index (χ1n) is 7.24. The molecular weight excluding hydrogens is 266 g/mol. The molecule has 1 atom stereocenters. The third-order valence-corrected chi connectivity index (χ3v) is 4.02. The lowest BCUT2D eigenvalue weighted by atomic mass is 10.1. The lowest BCUT2D eigenvalue weighted by Gasteiger charge is -2.27. The van der Waals surface area contributed by atoms with Crippen LogP contribution in [-0.2, 0) is 7.05 Å². The highest BCUT2D eigenvalue weighted by molar-refractivity contribution is 5.53. The Hall–Kier alpha value is -2.11. The molecule has 3 heterocycles. The molecule has 6 nitrogen and oxygen atoms in total. The molecule has 1 aliphatic rings. The van der Waals surface area contributed by atoms with E-state index in [1.807, 2.05) is 31.8 Å². The molecule has 1 fully saturated rings. The van der Waals surface area contributed by atoms with Gasteiger partial charge in [-0.2, -0.15) is 10.1 Å². The summed E-state index contributed by atoms with van der Waals surface area (Å²) in [6.07, 6.45) is 6.31. The van der Waals surface area contributed by atoms with E-state index in [1.165, 1.54) is 5.56 Å². The molecule has 0 N–H and O–H groups in total. The smallest absolute Gasteiger partial charge is 0.221 e. The number of ether oxygens (including phenoxy) is 1. The fourth-order valence-electron chi connectivity index (χ4n) is 3.05. The summed E-state index contributed by atoms with van der Waals surface area (Å²) in [7, 11) is 3.60. The molecule has 3 rings (SSSR count). The van der Waals surface area contributed by atoms with Gasteiger partial charge in [-0.15, -0.1) is 0 Å². The van der Waals surface area contributed by atoms with Crippen molar-refractivity contribution in [2.75, 3.05) is 18.6 Å². The van der Waals surface area contributed by atoms with E-state index in [2.05, 4.69) is 26.2 Å². The van der Waals surface area contributed by atoms with Crippen LogP contribution in [0.4, 0.5) is 5.82 Å². The summed E-state index contributed by atoms with van der Waals surface area (Å²) in [6, 6.07) is 0.330. The second kappa shape index (κ2) is 5.35. The van der Waals surface area contributed by atoms with E-state index in [0.717, 1.165) is 36.6 Å². The quantitative estimate of drug-likeness (QED) is 0.866. The zero-order valence-electron chi connectivity index (χ0n) is 13.0. The highest BCUT2D eigenvalue weighted by atomic mass is 16.5. The Morgan fingerprint density at radius 2 is 2.10 bits per heavy atom. The number of anilines is 1. The fraction of sp³-hybridized carbons (Fsp3) is 0.533. The van der Waals surface area contributed by atoms with Gasteiger partial charge in [0.1, 0.15) is 11.6 Å². The monoisotopic (exact) mass is 287 g/mol. The Morgan fingerprint density at radius 1 is 1.29 bits per heavy atom. The largest absolute Gasteiger partial charge is 0.481 e. The second-order valence-electron chi connectivity index (χ2n) is 5.53. The molecule has 0 aliphatic carbocycles. The molecular formula is C15H21N5O. The Balaban J connectivity index is 2.01. The molecule has 0 aromatic carbocycles. The maximum atomic E-state index is 5.38. The summed E-state index contributed by atoms with van der Waals surface area (Å²) in [4.78, 5) is 11.4. The Kier molecular flexibility index (Phi) is 3.53. The fourth-order valence-corrected chi connectivity index (χ4v) is 3.05. The molecule has 0 amide bonds. The molecule has 0 unspecified atom stereocenters. The topological polar surface area (TPSA) is 56.1 Å². The van der Waals surface area contributed by atoms with Gasteiger partial charge in [-0.25, -0.2) is 4.98 Å². The SMILES string of the molecule is COc1nc(C)nc(N2CCC[C@H]2c2cnn(C)c2)c1C. The number of hydrogen-bond acceptors (Lipinski definition) is 5. The van der Waals surface area contributed by atoms with Gasteiger partial charge in [0.15, 0.2) is 0 Å². The first-order chi connectivity index (χ1) is 10.1. The maximum absolute atomic E-state index is 5.38. The molecule has 0 radical (unpaired) electrons. The summed E-state index contributed by atoms with van der Waals surface area (Å²) < 4.78 is 7.23. The Morgan fingerprint density at radius 3 is 2.76 bits per heavy atom. The van der Waals surface area contributed by atoms with Gasteiger partial charge in [0.2, 0.25) is 5.88 Å².